The van der Waals surface area contributed by atoms with Crippen LogP contribution in [0.4, 0.5) is 5.69 Å². The fraction of sp³-hybridized carbons (Fsp3) is 0.261. The Bertz CT molecular complexity index is 1010. The summed E-state index contributed by atoms with van der Waals surface area (Å²) in [5, 5.41) is 3.15. The summed E-state index contributed by atoms with van der Waals surface area (Å²) in [6, 6.07) is 12.4. The molecule has 2 atom stereocenters. The molecular weight excluding hydrogens is 404 g/mol. The van der Waals surface area contributed by atoms with Gasteiger partial charge in [0.15, 0.2) is 5.75 Å². The van der Waals surface area contributed by atoms with Crippen molar-refractivity contribution >= 4 is 35.0 Å². The van der Waals surface area contributed by atoms with Gasteiger partial charge in [0.2, 0.25) is 17.7 Å². The van der Waals surface area contributed by atoms with Crippen LogP contribution in [0.1, 0.15) is 18.4 Å². The molecule has 4 rings (SSSR count). The van der Waals surface area contributed by atoms with Crippen molar-refractivity contribution in [1.82, 2.24) is 4.90 Å². The molecule has 2 aromatic carbocycles. The summed E-state index contributed by atoms with van der Waals surface area (Å²) in [5.41, 5.74) is 1.47. The Kier molecular flexibility index (Phi) is 5.59. The summed E-state index contributed by atoms with van der Waals surface area (Å²) in [5.74, 6) is -0.755. The first-order chi connectivity index (χ1) is 14.4. The number of nitrogens with zero attached hydrogens (tertiary/aromatic N) is 1. The molecule has 1 saturated heterocycles. The second-order valence-corrected chi connectivity index (χ2v) is 7.96. The highest BCUT2D eigenvalue weighted by Crippen LogP contribution is 2.35. The van der Waals surface area contributed by atoms with Crippen LogP contribution in [0.5, 0.6) is 11.5 Å². The number of anilines is 1. The number of halogens is 1. The van der Waals surface area contributed by atoms with Gasteiger partial charge in [-0.1, -0.05) is 41.4 Å². The Labute approximate surface area is 179 Å². The molecule has 0 saturated carbocycles. The number of carbonyl (C=O) groups excluding carboxylic acids is 3. The second-order valence-electron chi connectivity index (χ2n) is 7.52. The van der Waals surface area contributed by atoms with E-state index in [0.29, 0.717) is 35.1 Å². The molecule has 1 fully saturated rings. The Morgan fingerprint density at radius 1 is 1.07 bits per heavy atom. The molecule has 0 bridgehead atoms. The maximum absolute atomic E-state index is 12.7. The van der Waals surface area contributed by atoms with E-state index in [2.05, 4.69) is 5.32 Å². The Hall–Kier alpha value is -3.12. The minimum absolute atomic E-state index is 0.285. The number of hydrogen-bond donors (Lipinski definition) is 1. The van der Waals surface area contributed by atoms with Gasteiger partial charge in [0.05, 0.1) is 17.5 Å². The molecule has 3 amide bonds. The van der Waals surface area contributed by atoms with E-state index in [9.17, 15) is 14.4 Å². The van der Waals surface area contributed by atoms with E-state index in [0.717, 1.165) is 10.5 Å². The van der Waals surface area contributed by atoms with Crippen LogP contribution in [0.3, 0.4) is 0 Å². The van der Waals surface area contributed by atoms with E-state index in [-0.39, 0.29) is 30.2 Å². The zero-order valence-electron chi connectivity index (χ0n) is 16.4. The molecular formula is C23H21ClN2O4. The number of likely N-dealkylation sites (tertiary alicyclic amines) is 1. The zero-order valence-corrected chi connectivity index (χ0v) is 17.2. The van der Waals surface area contributed by atoms with Crippen LogP contribution in [0, 0.1) is 18.8 Å². The van der Waals surface area contributed by atoms with Crippen molar-refractivity contribution in [3.8, 4) is 11.5 Å². The molecule has 0 aromatic heterocycles. The van der Waals surface area contributed by atoms with Crippen molar-refractivity contribution in [1.29, 1.82) is 0 Å². The lowest BCUT2D eigenvalue weighted by atomic mass is 9.85. The minimum Gasteiger partial charge on any atom is -0.455 e. The highest BCUT2D eigenvalue weighted by molar-refractivity contribution is 6.31. The Balaban J connectivity index is 1.48. The Morgan fingerprint density at radius 2 is 1.70 bits per heavy atom. The SMILES string of the molecule is Cc1ccc(Oc2ccc(Cl)cc2NC(=O)CN2C(=O)C3CC=CCC3C2=O)cc1. The monoisotopic (exact) mass is 424 g/mol. The van der Waals surface area contributed by atoms with Crippen LogP contribution < -0.4 is 10.1 Å². The molecule has 0 radical (unpaired) electrons. The topological polar surface area (TPSA) is 75.7 Å². The van der Waals surface area contributed by atoms with Gasteiger partial charge in [-0.05, 0) is 50.1 Å². The normalized spacial score (nSPS) is 20.3. The standard InChI is InChI=1S/C23H21ClN2O4/c1-14-6-9-16(10-7-14)30-20-11-8-15(24)12-19(20)25-21(27)13-26-22(28)17-4-2-3-5-18(17)23(26)29/h2-3,6-12,17-18H,4-5,13H2,1H3,(H,25,27). The number of benzene rings is 2. The van der Waals surface area contributed by atoms with Crippen molar-refractivity contribution in [2.24, 2.45) is 11.8 Å². The van der Waals surface area contributed by atoms with Crippen molar-refractivity contribution in [2.45, 2.75) is 19.8 Å². The van der Waals surface area contributed by atoms with Gasteiger partial charge < -0.3 is 10.1 Å². The minimum atomic E-state index is -0.487. The first-order valence-electron chi connectivity index (χ1n) is 9.76. The van der Waals surface area contributed by atoms with Crippen LogP contribution in [0.25, 0.3) is 0 Å². The van der Waals surface area contributed by atoms with Crippen molar-refractivity contribution in [3.05, 3.63) is 65.2 Å². The number of imide groups is 1. The van der Waals surface area contributed by atoms with Gasteiger partial charge in [-0.15, -0.1) is 0 Å². The molecule has 1 N–H and O–H groups in total. The number of carbonyl (C=O) groups is 3. The van der Waals surface area contributed by atoms with Crippen molar-refractivity contribution in [3.63, 3.8) is 0 Å². The fourth-order valence-electron chi connectivity index (χ4n) is 3.78. The second kappa shape index (κ2) is 8.32. The third kappa shape index (κ3) is 4.09. The molecule has 2 aliphatic rings. The van der Waals surface area contributed by atoms with E-state index >= 15 is 0 Å². The van der Waals surface area contributed by atoms with Gasteiger partial charge in [0, 0.05) is 5.02 Å². The van der Waals surface area contributed by atoms with E-state index in [1.807, 2.05) is 43.3 Å². The lowest BCUT2D eigenvalue weighted by molar-refractivity contribution is -0.142. The van der Waals surface area contributed by atoms with Crippen LogP contribution in [-0.4, -0.2) is 29.2 Å². The lowest BCUT2D eigenvalue weighted by Gasteiger charge is -2.16. The summed E-state index contributed by atoms with van der Waals surface area (Å²) < 4.78 is 5.88. The number of aryl methyl sites for hydroxylation is 1. The summed E-state index contributed by atoms with van der Waals surface area (Å²) in [6.45, 7) is 1.64. The molecule has 1 heterocycles. The molecule has 2 unspecified atom stereocenters. The van der Waals surface area contributed by atoms with Crippen LogP contribution in [-0.2, 0) is 14.4 Å². The average Bonchev–Trinajstić information content (AvgIpc) is 2.97. The maximum atomic E-state index is 12.7. The van der Waals surface area contributed by atoms with Crippen molar-refractivity contribution in [2.75, 3.05) is 11.9 Å². The quantitative estimate of drug-likeness (QED) is 0.572. The van der Waals surface area contributed by atoms with Crippen LogP contribution in [0.15, 0.2) is 54.6 Å². The van der Waals surface area contributed by atoms with Gasteiger partial charge in [0.25, 0.3) is 0 Å². The zero-order chi connectivity index (χ0) is 21.3. The molecule has 2 aromatic rings. The highest BCUT2D eigenvalue weighted by Gasteiger charge is 2.47. The smallest absolute Gasteiger partial charge is 0.244 e. The molecule has 6 nitrogen and oxygen atoms in total. The molecule has 1 aliphatic heterocycles. The summed E-state index contributed by atoms with van der Waals surface area (Å²) >= 11 is 6.09. The summed E-state index contributed by atoms with van der Waals surface area (Å²) in [4.78, 5) is 38.9. The predicted octanol–water partition coefficient (Wildman–Crippen LogP) is 4.33. The largest absolute Gasteiger partial charge is 0.455 e. The van der Waals surface area contributed by atoms with Crippen molar-refractivity contribution < 1.29 is 19.1 Å². The number of ether oxygens (including phenoxy) is 1. The van der Waals surface area contributed by atoms with Gasteiger partial charge in [-0.3, -0.25) is 19.3 Å². The van der Waals surface area contributed by atoms with Gasteiger partial charge >= 0.3 is 0 Å². The molecule has 1 aliphatic carbocycles. The van der Waals surface area contributed by atoms with Gasteiger partial charge in [-0.2, -0.15) is 0 Å². The first kappa shape index (κ1) is 20.2. The molecule has 0 spiro atoms. The average molecular weight is 425 g/mol. The van der Waals surface area contributed by atoms with Gasteiger partial charge in [-0.25, -0.2) is 0 Å². The molecule has 154 valence electrons. The number of nitrogens with one attached hydrogen (secondary N) is 1. The third-order valence-corrected chi connectivity index (χ3v) is 5.60. The first-order valence-corrected chi connectivity index (χ1v) is 10.1. The Morgan fingerprint density at radius 3 is 2.33 bits per heavy atom. The number of fused-ring (bicyclic) bond motifs is 1. The number of hydrogen-bond acceptors (Lipinski definition) is 4. The van der Waals surface area contributed by atoms with E-state index in [1.165, 1.54) is 0 Å². The number of amides is 3. The maximum Gasteiger partial charge on any atom is 0.244 e. The number of rotatable bonds is 5. The molecule has 7 heteroatoms. The predicted molar refractivity (Wildman–Crippen MR) is 113 cm³/mol. The highest BCUT2D eigenvalue weighted by atomic mass is 35.5. The third-order valence-electron chi connectivity index (χ3n) is 5.37. The van der Waals surface area contributed by atoms with Gasteiger partial charge in [0.1, 0.15) is 12.3 Å². The summed E-state index contributed by atoms with van der Waals surface area (Å²) in [6.07, 6.45) is 4.90. The summed E-state index contributed by atoms with van der Waals surface area (Å²) in [7, 11) is 0. The van der Waals surface area contributed by atoms with Crippen LogP contribution >= 0.6 is 11.6 Å². The fourth-order valence-corrected chi connectivity index (χ4v) is 3.95. The van der Waals surface area contributed by atoms with E-state index < -0.39 is 5.91 Å². The lowest BCUT2D eigenvalue weighted by Crippen LogP contribution is -2.38. The van der Waals surface area contributed by atoms with E-state index in [4.69, 9.17) is 16.3 Å². The number of allylic oxidation sites excluding steroid dienone is 2. The van der Waals surface area contributed by atoms with Crippen LogP contribution in [0.2, 0.25) is 5.02 Å². The molecule has 30 heavy (non-hydrogen) atoms. The van der Waals surface area contributed by atoms with E-state index in [1.54, 1.807) is 18.2 Å².